The molecule has 0 atom stereocenters. The first-order valence-corrected chi connectivity index (χ1v) is 3.80. The Kier molecular flexibility index (Phi) is 4.43. The molecule has 4 heteroatoms. The van der Waals surface area contributed by atoms with Crippen LogP contribution in [-0.4, -0.2) is 28.8 Å². The molecule has 0 saturated heterocycles. The van der Waals surface area contributed by atoms with Crippen LogP contribution in [0.25, 0.3) is 0 Å². The minimum absolute atomic E-state index is 0. The normalized spacial score (nSPS) is 10.0. The molecule has 0 aliphatic heterocycles. The van der Waals surface area contributed by atoms with Gasteiger partial charge in [0, 0.05) is 20.4 Å². The van der Waals surface area contributed by atoms with Gasteiger partial charge in [0.2, 0.25) is 0 Å². The molecule has 0 saturated carbocycles. The monoisotopic (exact) mass is 119 g/mol. The Morgan fingerprint density at radius 3 is 1.57 bits per heavy atom. The first-order chi connectivity index (χ1) is 2.56. The Morgan fingerprint density at radius 1 is 1.43 bits per heavy atom. The van der Waals surface area contributed by atoms with Crippen LogP contribution in [0.2, 0.25) is 0 Å². The van der Waals surface area contributed by atoms with E-state index >= 15 is 0 Å². The Morgan fingerprint density at radius 2 is 1.57 bits per heavy atom. The molecule has 41 valence electrons. The van der Waals surface area contributed by atoms with Crippen LogP contribution in [0.1, 0.15) is 6.92 Å². The van der Waals surface area contributed by atoms with E-state index in [2.05, 4.69) is 0 Å². The summed E-state index contributed by atoms with van der Waals surface area (Å²) in [7, 11) is -2.66. The highest BCUT2D eigenvalue weighted by atomic mass is 32.2. The lowest BCUT2D eigenvalue weighted by Gasteiger charge is -1.81. The maximum Gasteiger partial charge on any atom is 0.147 e. The van der Waals surface area contributed by atoms with E-state index in [1.807, 2.05) is 0 Å². The van der Waals surface area contributed by atoms with Gasteiger partial charge in [0.1, 0.15) is 9.84 Å². The van der Waals surface area contributed by atoms with Gasteiger partial charge in [-0.25, -0.2) is 8.42 Å². The zero-order valence-corrected chi connectivity index (χ0v) is 5.33. The summed E-state index contributed by atoms with van der Waals surface area (Å²) in [6.45, 7) is 1.62. The fraction of sp³-hybridized carbons (Fsp3) is 1.00. The zero-order chi connectivity index (χ0) is 5.21. The molecule has 0 aromatic rings. The van der Waals surface area contributed by atoms with Crippen LogP contribution >= 0.6 is 0 Å². The smallest absolute Gasteiger partial charge is 0.147 e. The predicted molar refractivity (Wildman–Crippen MR) is 31.1 cm³/mol. The van der Waals surface area contributed by atoms with Crippen LogP contribution < -0.4 is 0 Å². The Hall–Kier alpha value is 0.0149. The van der Waals surface area contributed by atoms with Gasteiger partial charge in [0.25, 0.3) is 0 Å². The molecular formula is C3H8BO2S. The summed E-state index contributed by atoms with van der Waals surface area (Å²) in [4.78, 5) is 0. The van der Waals surface area contributed by atoms with E-state index < -0.39 is 9.84 Å². The van der Waals surface area contributed by atoms with Crippen LogP contribution in [0.3, 0.4) is 0 Å². The standard InChI is InChI=1S/C3H8O2S.B/c1-3-6(2,4)5;/h3H2,1-2H3;. The van der Waals surface area contributed by atoms with Gasteiger partial charge in [-0.2, -0.15) is 0 Å². The molecule has 3 radical (unpaired) electrons. The van der Waals surface area contributed by atoms with Crippen molar-refractivity contribution in [3.63, 3.8) is 0 Å². The highest BCUT2D eigenvalue weighted by Crippen LogP contribution is 1.75. The summed E-state index contributed by atoms with van der Waals surface area (Å²) in [5.41, 5.74) is 0. The molecule has 7 heavy (non-hydrogen) atoms. The molecule has 0 unspecified atom stereocenters. The fourth-order valence-electron chi connectivity index (χ4n) is 0. The van der Waals surface area contributed by atoms with Crippen molar-refractivity contribution < 1.29 is 8.42 Å². The van der Waals surface area contributed by atoms with Crippen LogP contribution in [0.4, 0.5) is 0 Å². The maximum absolute atomic E-state index is 10.0. The second-order valence-corrected chi connectivity index (χ2v) is 3.64. The second kappa shape index (κ2) is 3.07. The van der Waals surface area contributed by atoms with E-state index in [1.54, 1.807) is 6.92 Å². The third kappa shape index (κ3) is 10.7. The summed E-state index contributed by atoms with van der Waals surface area (Å²) in [6, 6.07) is 0. The zero-order valence-electron chi connectivity index (χ0n) is 4.51. The first kappa shape index (κ1) is 10.1. The Labute approximate surface area is 46.4 Å². The number of hydrogen-bond donors (Lipinski definition) is 0. The number of rotatable bonds is 1. The SMILES string of the molecule is CCS(C)(=O)=O.[B]. The van der Waals surface area contributed by atoms with Crippen LogP contribution in [0.5, 0.6) is 0 Å². The van der Waals surface area contributed by atoms with E-state index in [0.29, 0.717) is 0 Å². The van der Waals surface area contributed by atoms with Crippen molar-refractivity contribution in [3.05, 3.63) is 0 Å². The largest absolute Gasteiger partial charge is 0.229 e. The van der Waals surface area contributed by atoms with Crippen LogP contribution in [0.15, 0.2) is 0 Å². The van der Waals surface area contributed by atoms with Crippen LogP contribution in [0, 0.1) is 0 Å². The average molecular weight is 119 g/mol. The summed E-state index contributed by atoms with van der Waals surface area (Å²) >= 11 is 0. The van der Waals surface area contributed by atoms with Crippen molar-refractivity contribution in [3.8, 4) is 0 Å². The van der Waals surface area contributed by atoms with Crippen molar-refractivity contribution in [2.24, 2.45) is 0 Å². The molecule has 0 rings (SSSR count). The van der Waals surface area contributed by atoms with Gasteiger partial charge in [-0.05, 0) is 0 Å². The number of sulfone groups is 1. The summed E-state index contributed by atoms with van der Waals surface area (Å²) in [5, 5.41) is 0. The molecule has 0 aliphatic carbocycles. The van der Waals surface area contributed by atoms with Gasteiger partial charge in [0.05, 0.1) is 0 Å². The number of hydrogen-bond acceptors (Lipinski definition) is 2. The summed E-state index contributed by atoms with van der Waals surface area (Å²) < 4.78 is 20.0. The molecule has 0 aromatic carbocycles. The lowest BCUT2D eigenvalue weighted by molar-refractivity contribution is 0.603. The predicted octanol–water partition coefficient (Wildman–Crippen LogP) is -0.330. The van der Waals surface area contributed by atoms with Gasteiger partial charge in [0.15, 0.2) is 0 Å². The molecule has 0 amide bonds. The molecule has 0 spiro atoms. The van der Waals surface area contributed by atoms with Gasteiger partial charge in [-0.3, -0.25) is 0 Å². The molecule has 0 N–H and O–H groups in total. The third-order valence-corrected chi connectivity index (χ3v) is 1.57. The molecule has 0 fully saturated rings. The van der Waals surface area contributed by atoms with Gasteiger partial charge < -0.3 is 0 Å². The summed E-state index contributed by atoms with van der Waals surface area (Å²) in [5.74, 6) is 0.243. The van der Waals surface area contributed by atoms with Crippen molar-refractivity contribution >= 4 is 18.3 Å². The molecule has 0 aliphatic rings. The van der Waals surface area contributed by atoms with Crippen molar-refractivity contribution in [2.45, 2.75) is 6.92 Å². The lowest BCUT2D eigenvalue weighted by Crippen LogP contribution is -1.96. The maximum atomic E-state index is 10.0. The Balaban J connectivity index is 0. The highest BCUT2D eigenvalue weighted by molar-refractivity contribution is 7.90. The highest BCUT2D eigenvalue weighted by Gasteiger charge is 1.90. The molecule has 0 heterocycles. The second-order valence-electron chi connectivity index (χ2n) is 1.21. The van der Waals surface area contributed by atoms with E-state index in [1.165, 1.54) is 6.26 Å². The lowest BCUT2D eigenvalue weighted by atomic mass is 10.8. The van der Waals surface area contributed by atoms with E-state index in [-0.39, 0.29) is 14.2 Å². The molecule has 2 nitrogen and oxygen atoms in total. The molecule has 0 aromatic heterocycles. The van der Waals surface area contributed by atoms with Gasteiger partial charge >= 0.3 is 0 Å². The third-order valence-electron chi connectivity index (χ3n) is 0.524. The minimum Gasteiger partial charge on any atom is -0.229 e. The first-order valence-electron chi connectivity index (χ1n) is 1.74. The topological polar surface area (TPSA) is 34.1 Å². The molecule has 0 bridgehead atoms. The van der Waals surface area contributed by atoms with Crippen LogP contribution in [-0.2, 0) is 9.84 Å². The molecular weight excluding hydrogens is 111 g/mol. The van der Waals surface area contributed by atoms with E-state index in [9.17, 15) is 8.42 Å². The van der Waals surface area contributed by atoms with E-state index in [0.717, 1.165) is 0 Å². The summed E-state index contributed by atoms with van der Waals surface area (Å²) in [6.07, 6.45) is 1.22. The minimum atomic E-state index is -2.66. The van der Waals surface area contributed by atoms with Gasteiger partial charge in [-0.1, -0.05) is 6.92 Å². The average Bonchev–Trinajstić information content (AvgIpc) is 1.35. The van der Waals surface area contributed by atoms with Crippen molar-refractivity contribution in [2.75, 3.05) is 12.0 Å². The fourth-order valence-corrected chi connectivity index (χ4v) is 0. The van der Waals surface area contributed by atoms with Crippen molar-refractivity contribution in [1.29, 1.82) is 0 Å². The van der Waals surface area contributed by atoms with E-state index in [4.69, 9.17) is 0 Å². The van der Waals surface area contributed by atoms with Gasteiger partial charge in [-0.15, -0.1) is 0 Å². The van der Waals surface area contributed by atoms with Crippen molar-refractivity contribution in [1.82, 2.24) is 0 Å². The Bertz CT molecular complexity index is 115. The quantitative estimate of drug-likeness (QED) is 0.443.